The number of H-pyrrole nitrogens is 1. The maximum absolute atomic E-state index is 14.5. The number of fused-ring (bicyclic) bond motifs is 1. The molecule has 0 bridgehead atoms. The van der Waals surface area contributed by atoms with E-state index in [2.05, 4.69) is 35.0 Å². The van der Waals surface area contributed by atoms with E-state index >= 15 is 0 Å². The number of benzene rings is 1. The zero-order chi connectivity index (χ0) is 32.7. The minimum atomic E-state index is -4.65. The highest BCUT2D eigenvalue weighted by Crippen LogP contribution is 2.29. The van der Waals surface area contributed by atoms with Gasteiger partial charge in [0.25, 0.3) is 5.88 Å². The monoisotopic (exact) mass is 676 g/mol. The van der Waals surface area contributed by atoms with Gasteiger partial charge in [0.2, 0.25) is 17.6 Å². The number of alkyl halides is 3. The van der Waals surface area contributed by atoms with E-state index in [1.807, 2.05) is 9.47 Å². The predicted molar refractivity (Wildman–Crippen MR) is 157 cm³/mol. The molecule has 0 radical (unpaired) electrons. The van der Waals surface area contributed by atoms with Crippen LogP contribution in [0, 0.1) is 11.6 Å². The Kier molecular flexibility index (Phi) is 8.36. The Morgan fingerprint density at radius 2 is 1.81 bits per heavy atom. The summed E-state index contributed by atoms with van der Waals surface area (Å²) >= 11 is 5.80. The summed E-state index contributed by atoms with van der Waals surface area (Å²) in [6, 6.07) is 5.77. The zero-order valence-corrected chi connectivity index (χ0v) is 25.3. The van der Waals surface area contributed by atoms with Crippen LogP contribution in [-0.2, 0) is 30.6 Å². The van der Waals surface area contributed by atoms with Crippen molar-refractivity contribution in [2.75, 3.05) is 37.7 Å². The van der Waals surface area contributed by atoms with Gasteiger partial charge in [-0.3, -0.25) is 4.90 Å². The number of aromatic amines is 1. The molecule has 1 N–H and O–H groups in total. The Balaban J connectivity index is 1.04. The number of halogens is 6. The molecule has 0 saturated carbocycles. The van der Waals surface area contributed by atoms with Gasteiger partial charge in [0, 0.05) is 55.1 Å². The number of imidazole rings is 1. The third kappa shape index (κ3) is 6.68. The fraction of sp³-hybridized carbons (Fsp3) is 0.379. The van der Waals surface area contributed by atoms with Crippen molar-refractivity contribution in [1.82, 2.24) is 44.6 Å². The van der Waals surface area contributed by atoms with Crippen molar-refractivity contribution >= 4 is 28.7 Å². The molecular formula is C29H26ClF5N10O2. The van der Waals surface area contributed by atoms with E-state index in [4.69, 9.17) is 26.1 Å². The fourth-order valence-corrected chi connectivity index (χ4v) is 5.50. The van der Waals surface area contributed by atoms with Crippen LogP contribution in [0.25, 0.3) is 22.6 Å². The Labute approximate surface area is 268 Å². The van der Waals surface area contributed by atoms with Crippen LogP contribution in [-0.4, -0.2) is 83.5 Å². The maximum atomic E-state index is 14.5. The molecule has 2 aliphatic heterocycles. The molecule has 0 spiro atoms. The first kappa shape index (κ1) is 31.1. The smallest absolute Gasteiger partial charge is 0.451 e. The van der Waals surface area contributed by atoms with Crippen LogP contribution in [0.2, 0.25) is 5.02 Å². The summed E-state index contributed by atoms with van der Waals surface area (Å²) in [4.78, 5) is 24.0. The molecule has 18 heteroatoms. The molecule has 1 atom stereocenters. The molecule has 2 saturated heterocycles. The van der Waals surface area contributed by atoms with Crippen molar-refractivity contribution in [3.8, 4) is 17.3 Å². The van der Waals surface area contributed by atoms with Gasteiger partial charge in [-0.25, -0.2) is 19.3 Å². The highest BCUT2D eigenvalue weighted by Gasteiger charge is 2.35. The topological polar surface area (TPSA) is 123 Å². The van der Waals surface area contributed by atoms with E-state index in [0.717, 1.165) is 24.5 Å². The standard InChI is InChI=1S/C29H26ClF5N10O2/c30-18-2-1-16(20(31)10-18)15-47-26-21(32)12-37-28(40-26)44-6-4-43(5-7-44)14-23-38-22-9-17(24-39-27(42-41-24)29(33,34)35)11-36-25(22)45(23)13-19-3-8-46-19/h1-2,9-12,19H,3-8,13-15H2,(H,39,41,42). The van der Waals surface area contributed by atoms with E-state index in [1.54, 1.807) is 6.07 Å². The molecule has 7 rings (SSSR count). The second-order valence-electron chi connectivity index (χ2n) is 11.1. The van der Waals surface area contributed by atoms with Gasteiger partial charge in [0.05, 0.1) is 25.4 Å². The lowest BCUT2D eigenvalue weighted by molar-refractivity contribution is -0.144. The summed E-state index contributed by atoms with van der Waals surface area (Å²) < 4.78 is 80.9. The molecule has 47 heavy (non-hydrogen) atoms. The van der Waals surface area contributed by atoms with E-state index in [1.165, 1.54) is 18.3 Å². The second-order valence-corrected chi connectivity index (χ2v) is 11.6. The van der Waals surface area contributed by atoms with Crippen LogP contribution in [0.1, 0.15) is 23.6 Å². The highest BCUT2D eigenvalue weighted by atomic mass is 35.5. The number of nitrogens with one attached hydrogen (secondary N) is 1. The number of hydrogen-bond donors (Lipinski definition) is 1. The summed E-state index contributed by atoms with van der Waals surface area (Å²) in [5.41, 5.74) is 1.62. The van der Waals surface area contributed by atoms with E-state index in [-0.39, 0.29) is 40.9 Å². The molecule has 0 aliphatic carbocycles. The Morgan fingerprint density at radius 3 is 2.51 bits per heavy atom. The van der Waals surface area contributed by atoms with Crippen molar-refractivity contribution in [3.63, 3.8) is 0 Å². The lowest BCUT2D eigenvalue weighted by Gasteiger charge is -2.34. The largest absolute Gasteiger partial charge is 0.470 e. The van der Waals surface area contributed by atoms with Gasteiger partial charge in [-0.2, -0.15) is 22.5 Å². The number of anilines is 1. The van der Waals surface area contributed by atoms with Crippen LogP contribution >= 0.6 is 11.6 Å². The third-order valence-corrected chi connectivity index (χ3v) is 8.21. The summed E-state index contributed by atoms with van der Waals surface area (Å²) in [6.45, 7) is 3.70. The second kappa shape index (κ2) is 12.6. The van der Waals surface area contributed by atoms with Gasteiger partial charge in [-0.05, 0) is 24.6 Å². The third-order valence-electron chi connectivity index (χ3n) is 7.97. The molecule has 5 aromatic rings. The van der Waals surface area contributed by atoms with Crippen LogP contribution in [0.4, 0.5) is 27.9 Å². The first-order valence-electron chi connectivity index (χ1n) is 14.6. The maximum Gasteiger partial charge on any atom is 0.451 e. The van der Waals surface area contributed by atoms with Crippen LogP contribution < -0.4 is 9.64 Å². The van der Waals surface area contributed by atoms with Crippen molar-refractivity contribution in [2.45, 2.75) is 38.4 Å². The number of pyridine rings is 1. The Bertz CT molecular complexity index is 1910. The van der Waals surface area contributed by atoms with Crippen molar-refractivity contribution < 1.29 is 31.4 Å². The number of piperazine rings is 1. The summed E-state index contributed by atoms with van der Waals surface area (Å²) in [7, 11) is 0. The lowest BCUT2D eigenvalue weighted by atomic mass is 10.2. The number of ether oxygens (including phenoxy) is 2. The quantitative estimate of drug-likeness (QED) is 0.221. The molecule has 2 fully saturated rings. The average molecular weight is 677 g/mol. The van der Waals surface area contributed by atoms with Crippen molar-refractivity contribution in [1.29, 1.82) is 0 Å². The molecule has 1 unspecified atom stereocenters. The van der Waals surface area contributed by atoms with Crippen LogP contribution in [0.5, 0.6) is 5.88 Å². The van der Waals surface area contributed by atoms with Crippen molar-refractivity contribution in [3.05, 3.63) is 70.5 Å². The zero-order valence-electron chi connectivity index (χ0n) is 24.5. The highest BCUT2D eigenvalue weighted by molar-refractivity contribution is 6.30. The number of aromatic nitrogens is 8. The normalized spacial score (nSPS) is 17.3. The van der Waals surface area contributed by atoms with Crippen molar-refractivity contribution in [2.24, 2.45) is 0 Å². The molecule has 4 aromatic heterocycles. The van der Waals surface area contributed by atoms with E-state index in [9.17, 15) is 22.0 Å². The number of hydrogen-bond acceptors (Lipinski definition) is 10. The van der Waals surface area contributed by atoms with Crippen LogP contribution in [0.3, 0.4) is 0 Å². The molecule has 6 heterocycles. The predicted octanol–water partition coefficient (Wildman–Crippen LogP) is 4.65. The molecule has 1 aromatic carbocycles. The lowest BCUT2D eigenvalue weighted by Crippen LogP contribution is -2.47. The summed E-state index contributed by atoms with van der Waals surface area (Å²) in [6.07, 6.45) is -1.28. The first-order chi connectivity index (χ1) is 22.6. The summed E-state index contributed by atoms with van der Waals surface area (Å²) in [5, 5.41) is 7.08. The van der Waals surface area contributed by atoms with Crippen LogP contribution in [0.15, 0.2) is 36.7 Å². The van der Waals surface area contributed by atoms with Gasteiger partial charge in [0.1, 0.15) is 23.8 Å². The first-order valence-corrected chi connectivity index (χ1v) is 15.0. The molecule has 0 amide bonds. The average Bonchev–Trinajstić information content (AvgIpc) is 3.65. The number of nitrogens with zero attached hydrogens (tertiary/aromatic N) is 9. The number of rotatable bonds is 9. The molecule has 2 aliphatic rings. The SMILES string of the molecule is Fc1cc(Cl)ccc1COc1nc(N2CCN(Cc3nc4cc(-c5nnc(C(F)(F)F)[nH]5)cnc4n3CC3CCO3)CC2)ncc1F. The van der Waals surface area contributed by atoms with Gasteiger partial charge >= 0.3 is 6.18 Å². The van der Waals surface area contributed by atoms with E-state index in [0.29, 0.717) is 62.6 Å². The van der Waals surface area contributed by atoms with Gasteiger partial charge in [-0.1, -0.05) is 17.7 Å². The Morgan fingerprint density at radius 1 is 1.00 bits per heavy atom. The summed E-state index contributed by atoms with van der Waals surface area (Å²) in [5.74, 6) is -1.86. The molecular weight excluding hydrogens is 651 g/mol. The molecule has 12 nitrogen and oxygen atoms in total. The van der Waals surface area contributed by atoms with Gasteiger partial charge < -0.3 is 23.9 Å². The van der Waals surface area contributed by atoms with Gasteiger partial charge in [0.15, 0.2) is 11.5 Å². The Hall–Kier alpha value is -4.48. The van der Waals surface area contributed by atoms with E-state index < -0.39 is 23.6 Å². The minimum absolute atomic E-state index is 0.0105. The minimum Gasteiger partial charge on any atom is -0.470 e. The fourth-order valence-electron chi connectivity index (χ4n) is 5.34. The van der Waals surface area contributed by atoms with Gasteiger partial charge in [-0.15, -0.1) is 10.2 Å². The molecule has 246 valence electrons.